The molecule has 0 aromatic rings. The monoisotopic (exact) mass is 619 g/mol. The van der Waals surface area contributed by atoms with Crippen LogP contribution in [0.1, 0.15) is 213 Å². The first-order valence-electron chi connectivity index (χ1n) is 19.3. The number of carboxylic acid groups (broad SMARTS) is 1. The molecule has 0 aliphatic carbocycles. The lowest BCUT2D eigenvalue weighted by Crippen LogP contribution is -2.18. The zero-order chi connectivity index (χ0) is 32.2. The highest BCUT2D eigenvalue weighted by Gasteiger charge is 2.14. The molecule has 0 spiro atoms. The third kappa shape index (κ3) is 34.9. The van der Waals surface area contributed by atoms with Crippen LogP contribution in [0.5, 0.6) is 0 Å². The van der Waals surface area contributed by atoms with Crippen LogP contribution in [0.3, 0.4) is 0 Å². The summed E-state index contributed by atoms with van der Waals surface area (Å²) in [6, 6.07) is 0. The molecule has 4 nitrogen and oxygen atoms in total. The average Bonchev–Trinajstić information content (AvgIpc) is 3.00. The number of unbranched alkanes of at least 4 members (excludes halogenated alkanes) is 22. The minimum atomic E-state index is -0.703. The highest BCUT2D eigenvalue weighted by atomic mass is 16.5. The van der Waals surface area contributed by atoms with Crippen LogP contribution in [0.2, 0.25) is 0 Å². The highest BCUT2D eigenvalue weighted by molar-refractivity contribution is 5.69. The molecule has 1 unspecified atom stereocenters. The van der Waals surface area contributed by atoms with Crippen LogP contribution in [0.15, 0.2) is 24.3 Å². The summed E-state index contributed by atoms with van der Waals surface area (Å²) in [5.41, 5.74) is 0. The minimum absolute atomic E-state index is 0.0146. The maximum Gasteiger partial charge on any atom is 0.306 e. The minimum Gasteiger partial charge on any atom is -0.481 e. The zero-order valence-corrected chi connectivity index (χ0v) is 29.5. The van der Waals surface area contributed by atoms with E-state index in [0.29, 0.717) is 6.42 Å². The van der Waals surface area contributed by atoms with Crippen molar-refractivity contribution in [2.24, 2.45) is 0 Å². The number of hydrogen-bond acceptors (Lipinski definition) is 3. The van der Waals surface area contributed by atoms with Crippen LogP contribution in [0, 0.1) is 0 Å². The summed E-state index contributed by atoms with van der Waals surface area (Å²) in [6.07, 6.45) is 44.8. The van der Waals surface area contributed by atoms with Crippen molar-refractivity contribution in [3.05, 3.63) is 24.3 Å². The maximum atomic E-state index is 12.6. The van der Waals surface area contributed by atoms with Crippen LogP contribution in [0.4, 0.5) is 0 Å². The van der Waals surface area contributed by atoms with Gasteiger partial charge < -0.3 is 9.84 Å². The molecule has 0 fully saturated rings. The van der Waals surface area contributed by atoms with E-state index in [1.807, 2.05) is 0 Å². The number of allylic oxidation sites excluding steroid dienone is 4. The molecule has 0 heterocycles. The number of ether oxygens (including phenoxy) is 1. The van der Waals surface area contributed by atoms with Gasteiger partial charge in [0.25, 0.3) is 0 Å². The van der Waals surface area contributed by atoms with Crippen LogP contribution < -0.4 is 0 Å². The first-order chi connectivity index (χ1) is 21.6. The van der Waals surface area contributed by atoms with Crippen molar-refractivity contribution in [1.82, 2.24) is 0 Å². The number of carboxylic acids is 1. The summed E-state index contributed by atoms with van der Waals surface area (Å²) in [5.74, 6) is -0.717. The third-order valence-corrected chi connectivity index (χ3v) is 8.65. The van der Waals surface area contributed by atoms with Gasteiger partial charge in [-0.3, -0.25) is 9.59 Å². The molecular formula is C40H74O4. The molecule has 0 amide bonds. The van der Waals surface area contributed by atoms with Gasteiger partial charge in [-0.25, -0.2) is 0 Å². The Labute approximate surface area is 274 Å². The standard InChI is InChI=1S/C40H74O4/c1-3-5-7-9-11-13-15-16-17-18-20-21-23-26-30-34-38(35-31-27-25-28-32-36-39(41)42)44-40(43)37-33-29-24-22-19-14-12-10-8-6-4-2/h10,12,18,20,38H,3-9,11,13-17,19,21-37H2,1-2H3,(H,41,42)/b12-10-,20-18-. The largest absolute Gasteiger partial charge is 0.481 e. The van der Waals surface area contributed by atoms with Crippen molar-refractivity contribution in [3.8, 4) is 0 Å². The van der Waals surface area contributed by atoms with Crippen molar-refractivity contribution in [1.29, 1.82) is 0 Å². The molecule has 44 heavy (non-hydrogen) atoms. The van der Waals surface area contributed by atoms with Crippen molar-refractivity contribution >= 4 is 11.9 Å². The lowest BCUT2D eigenvalue weighted by molar-refractivity contribution is -0.150. The second-order valence-electron chi connectivity index (χ2n) is 13.1. The second-order valence-corrected chi connectivity index (χ2v) is 13.1. The van der Waals surface area contributed by atoms with E-state index in [4.69, 9.17) is 9.84 Å². The summed E-state index contributed by atoms with van der Waals surface area (Å²) < 4.78 is 5.98. The van der Waals surface area contributed by atoms with E-state index >= 15 is 0 Å². The molecule has 0 aliphatic rings. The van der Waals surface area contributed by atoms with Gasteiger partial charge in [0, 0.05) is 12.8 Å². The highest BCUT2D eigenvalue weighted by Crippen LogP contribution is 2.18. The van der Waals surface area contributed by atoms with Crippen molar-refractivity contribution < 1.29 is 19.4 Å². The maximum absolute atomic E-state index is 12.6. The van der Waals surface area contributed by atoms with Crippen molar-refractivity contribution in [2.45, 2.75) is 219 Å². The summed E-state index contributed by atoms with van der Waals surface area (Å²) in [6.45, 7) is 4.51. The number of carbonyl (C=O) groups excluding carboxylic acids is 1. The van der Waals surface area contributed by atoms with E-state index < -0.39 is 5.97 Å². The first-order valence-corrected chi connectivity index (χ1v) is 19.3. The molecule has 0 aliphatic heterocycles. The normalized spacial score (nSPS) is 12.4. The Morgan fingerprint density at radius 3 is 1.32 bits per heavy atom. The molecule has 0 saturated carbocycles. The van der Waals surface area contributed by atoms with E-state index in [9.17, 15) is 9.59 Å². The molecule has 1 N–H and O–H groups in total. The Bertz CT molecular complexity index is 668. The van der Waals surface area contributed by atoms with Crippen molar-refractivity contribution in [2.75, 3.05) is 0 Å². The average molecular weight is 619 g/mol. The summed E-state index contributed by atoms with van der Waals surface area (Å²) in [4.78, 5) is 23.3. The van der Waals surface area contributed by atoms with Gasteiger partial charge in [-0.2, -0.15) is 0 Å². The number of hydrogen-bond donors (Lipinski definition) is 1. The molecular weight excluding hydrogens is 544 g/mol. The lowest BCUT2D eigenvalue weighted by atomic mass is 10.0. The van der Waals surface area contributed by atoms with Crippen LogP contribution >= 0.6 is 0 Å². The molecule has 0 aromatic carbocycles. The van der Waals surface area contributed by atoms with Crippen LogP contribution in [0.25, 0.3) is 0 Å². The molecule has 1 atom stereocenters. The Morgan fingerprint density at radius 1 is 0.477 bits per heavy atom. The quantitative estimate of drug-likeness (QED) is 0.0436. The van der Waals surface area contributed by atoms with Gasteiger partial charge in [-0.05, 0) is 83.5 Å². The van der Waals surface area contributed by atoms with E-state index in [-0.39, 0.29) is 18.5 Å². The van der Waals surface area contributed by atoms with E-state index in [1.165, 1.54) is 116 Å². The Hall–Kier alpha value is -1.58. The fourth-order valence-corrected chi connectivity index (χ4v) is 5.75. The second kappa shape index (κ2) is 35.9. The van der Waals surface area contributed by atoms with E-state index in [2.05, 4.69) is 38.2 Å². The van der Waals surface area contributed by atoms with Gasteiger partial charge in [0.05, 0.1) is 0 Å². The lowest BCUT2D eigenvalue weighted by Gasteiger charge is -2.18. The zero-order valence-electron chi connectivity index (χ0n) is 29.5. The molecule has 0 aromatic heterocycles. The predicted molar refractivity (Wildman–Crippen MR) is 190 cm³/mol. The number of aliphatic carboxylic acids is 1. The number of esters is 1. The van der Waals surface area contributed by atoms with Gasteiger partial charge in [-0.1, -0.05) is 141 Å². The van der Waals surface area contributed by atoms with Crippen molar-refractivity contribution in [3.63, 3.8) is 0 Å². The van der Waals surface area contributed by atoms with E-state index in [0.717, 1.165) is 70.6 Å². The fourth-order valence-electron chi connectivity index (χ4n) is 5.75. The molecule has 0 saturated heterocycles. The SMILES string of the molecule is CCCC/C=C\CCCCCCCC(=O)OC(CCCCC/C=C\CCCCCCCCCC)CCCCCCCC(=O)O. The number of carbonyl (C=O) groups is 2. The van der Waals surface area contributed by atoms with Gasteiger partial charge >= 0.3 is 11.9 Å². The summed E-state index contributed by atoms with van der Waals surface area (Å²) >= 11 is 0. The molecule has 258 valence electrons. The Kier molecular flexibility index (Phi) is 34.6. The van der Waals surface area contributed by atoms with Gasteiger partial charge in [0.15, 0.2) is 0 Å². The Balaban J connectivity index is 4.09. The van der Waals surface area contributed by atoms with Crippen LogP contribution in [-0.4, -0.2) is 23.1 Å². The first kappa shape index (κ1) is 42.4. The fraction of sp³-hybridized carbons (Fsp3) is 0.850. The topological polar surface area (TPSA) is 63.6 Å². The molecule has 0 bridgehead atoms. The third-order valence-electron chi connectivity index (χ3n) is 8.65. The smallest absolute Gasteiger partial charge is 0.306 e. The van der Waals surface area contributed by atoms with Gasteiger partial charge in [0.1, 0.15) is 6.10 Å². The molecule has 0 rings (SSSR count). The molecule has 4 heteroatoms. The number of rotatable bonds is 35. The summed E-state index contributed by atoms with van der Waals surface area (Å²) in [7, 11) is 0. The molecule has 0 radical (unpaired) electrons. The predicted octanol–water partition coefficient (Wildman–Crippen LogP) is 13.2. The van der Waals surface area contributed by atoms with Gasteiger partial charge in [0.2, 0.25) is 0 Å². The summed E-state index contributed by atoms with van der Waals surface area (Å²) in [5, 5.41) is 8.81. The van der Waals surface area contributed by atoms with Crippen LogP contribution in [-0.2, 0) is 14.3 Å². The Morgan fingerprint density at radius 2 is 0.841 bits per heavy atom. The van der Waals surface area contributed by atoms with Gasteiger partial charge in [-0.15, -0.1) is 0 Å². The van der Waals surface area contributed by atoms with E-state index in [1.54, 1.807) is 0 Å².